The Kier molecular flexibility index (Phi) is 6.97. The van der Waals surface area contributed by atoms with Crippen LogP contribution in [0.25, 0.3) is 0 Å². The SMILES string of the molecule is CCCc1cccc(N2[C@@H]3CC[C@H]2CC(OC(c2ccc(Cl)cc2)c2ccc(Cl)cc2)C3)c1. The van der Waals surface area contributed by atoms with Crippen LogP contribution in [0, 0.1) is 0 Å². The smallest absolute Gasteiger partial charge is 0.108 e. The van der Waals surface area contributed by atoms with Gasteiger partial charge in [0, 0.05) is 27.8 Å². The number of ether oxygens (including phenoxy) is 1. The molecule has 0 radical (unpaired) electrons. The molecule has 3 aromatic carbocycles. The molecule has 2 fully saturated rings. The van der Waals surface area contributed by atoms with Gasteiger partial charge in [0.05, 0.1) is 6.10 Å². The Morgan fingerprint density at radius 1 is 0.848 bits per heavy atom. The van der Waals surface area contributed by atoms with Crippen molar-refractivity contribution in [2.24, 2.45) is 0 Å². The maximum Gasteiger partial charge on any atom is 0.108 e. The van der Waals surface area contributed by atoms with Crippen LogP contribution >= 0.6 is 23.2 Å². The Bertz CT molecular complexity index is 1010. The molecule has 0 saturated carbocycles. The van der Waals surface area contributed by atoms with Crippen LogP contribution in [-0.2, 0) is 11.2 Å². The molecule has 2 heterocycles. The highest BCUT2D eigenvalue weighted by molar-refractivity contribution is 6.30. The first-order valence-electron chi connectivity index (χ1n) is 12.1. The third kappa shape index (κ3) is 5.09. The molecule has 172 valence electrons. The third-order valence-electron chi connectivity index (χ3n) is 7.11. The second kappa shape index (κ2) is 10.1. The van der Waals surface area contributed by atoms with Crippen LogP contribution in [0.2, 0.25) is 10.0 Å². The van der Waals surface area contributed by atoms with Crippen LogP contribution in [0.15, 0.2) is 72.8 Å². The first-order chi connectivity index (χ1) is 16.1. The van der Waals surface area contributed by atoms with Crippen molar-refractivity contribution in [2.45, 2.75) is 69.7 Å². The number of hydrogen-bond donors (Lipinski definition) is 0. The average molecular weight is 480 g/mol. The number of nitrogens with zero attached hydrogens (tertiary/aromatic N) is 1. The van der Waals surface area contributed by atoms with E-state index >= 15 is 0 Å². The monoisotopic (exact) mass is 479 g/mol. The van der Waals surface area contributed by atoms with E-state index in [4.69, 9.17) is 27.9 Å². The minimum atomic E-state index is -0.122. The fourth-order valence-electron chi connectivity index (χ4n) is 5.64. The van der Waals surface area contributed by atoms with E-state index in [0.717, 1.165) is 40.4 Å². The Morgan fingerprint density at radius 2 is 1.42 bits per heavy atom. The summed E-state index contributed by atoms with van der Waals surface area (Å²) in [5.41, 5.74) is 5.09. The highest BCUT2D eigenvalue weighted by Gasteiger charge is 2.42. The van der Waals surface area contributed by atoms with Gasteiger partial charge in [-0.25, -0.2) is 0 Å². The van der Waals surface area contributed by atoms with Gasteiger partial charge in [-0.2, -0.15) is 0 Å². The lowest BCUT2D eigenvalue weighted by Crippen LogP contribution is -2.46. The minimum Gasteiger partial charge on any atom is -0.365 e. The Hall–Kier alpha value is -2.00. The lowest BCUT2D eigenvalue weighted by molar-refractivity contribution is -0.0132. The summed E-state index contributed by atoms with van der Waals surface area (Å²) in [6.45, 7) is 2.25. The van der Waals surface area contributed by atoms with Crippen LogP contribution in [0.1, 0.15) is 61.8 Å². The molecule has 0 N–H and O–H groups in total. The summed E-state index contributed by atoms with van der Waals surface area (Å²) in [5, 5.41) is 1.48. The molecular formula is C29H31Cl2NO. The fourth-order valence-corrected chi connectivity index (χ4v) is 5.89. The fraction of sp³-hybridized carbons (Fsp3) is 0.379. The van der Waals surface area contributed by atoms with E-state index in [1.54, 1.807) is 0 Å². The van der Waals surface area contributed by atoms with Gasteiger partial charge in [-0.3, -0.25) is 0 Å². The van der Waals surface area contributed by atoms with Crippen LogP contribution in [0.4, 0.5) is 5.69 Å². The van der Waals surface area contributed by atoms with Crippen molar-refractivity contribution in [3.05, 3.63) is 99.5 Å². The molecule has 2 aliphatic rings. The first-order valence-corrected chi connectivity index (χ1v) is 12.9. The average Bonchev–Trinajstić information content (AvgIpc) is 3.09. The van der Waals surface area contributed by atoms with E-state index in [2.05, 4.69) is 60.4 Å². The molecule has 33 heavy (non-hydrogen) atoms. The summed E-state index contributed by atoms with van der Waals surface area (Å²) >= 11 is 12.3. The molecule has 2 saturated heterocycles. The van der Waals surface area contributed by atoms with Crippen molar-refractivity contribution in [2.75, 3.05) is 4.90 Å². The van der Waals surface area contributed by atoms with E-state index in [1.807, 2.05) is 24.3 Å². The summed E-state index contributed by atoms with van der Waals surface area (Å²) in [7, 11) is 0. The molecule has 2 bridgehead atoms. The molecule has 1 unspecified atom stereocenters. The van der Waals surface area contributed by atoms with Crippen LogP contribution in [-0.4, -0.2) is 18.2 Å². The molecular weight excluding hydrogens is 449 g/mol. The lowest BCUT2D eigenvalue weighted by Gasteiger charge is -2.41. The van der Waals surface area contributed by atoms with Crippen LogP contribution in [0.3, 0.4) is 0 Å². The van der Waals surface area contributed by atoms with Gasteiger partial charge in [0.25, 0.3) is 0 Å². The third-order valence-corrected chi connectivity index (χ3v) is 7.62. The van der Waals surface area contributed by atoms with Gasteiger partial charge in [0.1, 0.15) is 6.10 Å². The molecule has 0 aliphatic carbocycles. The van der Waals surface area contributed by atoms with Gasteiger partial charge in [0.15, 0.2) is 0 Å². The molecule has 2 nitrogen and oxygen atoms in total. The maximum absolute atomic E-state index is 6.86. The molecule has 2 aliphatic heterocycles. The predicted molar refractivity (Wildman–Crippen MR) is 139 cm³/mol. The number of fused-ring (bicyclic) bond motifs is 2. The normalized spacial score (nSPS) is 22.2. The van der Waals surface area contributed by atoms with E-state index < -0.39 is 0 Å². The second-order valence-corrected chi connectivity index (χ2v) is 10.3. The zero-order valence-electron chi connectivity index (χ0n) is 19.1. The largest absolute Gasteiger partial charge is 0.365 e. The topological polar surface area (TPSA) is 12.5 Å². The summed E-state index contributed by atoms with van der Waals surface area (Å²) < 4.78 is 6.86. The van der Waals surface area contributed by atoms with Gasteiger partial charge in [-0.15, -0.1) is 0 Å². The highest BCUT2D eigenvalue weighted by atomic mass is 35.5. The van der Waals surface area contributed by atoms with E-state index in [1.165, 1.54) is 30.5 Å². The zero-order chi connectivity index (χ0) is 22.8. The Labute approximate surface area is 207 Å². The number of benzene rings is 3. The second-order valence-electron chi connectivity index (χ2n) is 9.42. The van der Waals surface area contributed by atoms with Crippen molar-refractivity contribution in [3.8, 4) is 0 Å². The molecule has 0 spiro atoms. The summed E-state index contributed by atoms with van der Waals surface area (Å²) in [6, 6.07) is 26.3. The lowest BCUT2D eigenvalue weighted by atomic mass is 9.96. The van der Waals surface area contributed by atoms with E-state index in [9.17, 15) is 0 Å². The standard InChI is InChI=1S/C29H31Cl2NO/c1-2-4-20-5-3-6-25(17-20)32-26-15-16-27(32)19-28(18-26)33-29(21-7-11-23(30)12-8-21)22-9-13-24(31)14-10-22/h3,5-14,17,26-29H,2,4,15-16,18-19H2,1H3/t26-,27+,28?. The van der Waals surface area contributed by atoms with Gasteiger partial charge in [0.2, 0.25) is 0 Å². The maximum atomic E-state index is 6.86. The summed E-state index contributed by atoms with van der Waals surface area (Å²) in [5.74, 6) is 0. The molecule has 0 amide bonds. The number of hydrogen-bond acceptors (Lipinski definition) is 2. The summed E-state index contributed by atoms with van der Waals surface area (Å²) in [6.07, 6.45) is 7.05. The Balaban J connectivity index is 1.36. The highest BCUT2D eigenvalue weighted by Crippen LogP contribution is 2.42. The van der Waals surface area contributed by atoms with Gasteiger partial charge in [-0.05, 0) is 85.2 Å². The van der Waals surface area contributed by atoms with Crippen LogP contribution < -0.4 is 4.90 Å². The molecule has 0 aromatic heterocycles. The van der Waals surface area contributed by atoms with Crippen molar-refractivity contribution in [1.29, 1.82) is 0 Å². The molecule has 3 aromatic rings. The zero-order valence-corrected chi connectivity index (χ0v) is 20.6. The molecule has 3 atom stereocenters. The number of piperidine rings is 1. The summed E-state index contributed by atoms with van der Waals surface area (Å²) in [4.78, 5) is 2.68. The van der Waals surface area contributed by atoms with E-state index in [0.29, 0.717) is 12.1 Å². The van der Waals surface area contributed by atoms with Crippen molar-refractivity contribution < 1.29 is 4.74 Å². The van der Waals surface area contributed by atoms with Gasteiger partial charge < -0.3 is 9.64 Å². The Morgan fingerprint density at radius 3 is 1.97 bits per heavy atom. The first kappa shape index (κ1) is 22.8. The number of anilines is 1. The predicted octanol–water partition coefficient (Wildman–Crippen LogP) is 8.25. The van der Waals surface area contributed by atoms with Crippen LogP contribution in [0.5, 0.6) is 0 Å². The molecule has 5 rings (SSSR count). The minimum absolute atomic E-state index is 0.122. The van der Waals surface area contributed by atoms with Crippen molar-refractivity contribution in [1.82, 2.24) is 0 Å². The number of aryl methyl sites for hydroxylation is 1. The van der Waals surface area contributed by atoms with Gasteiger partial charge >= 0.3 is 0 Å². The quantitative estimate of drug-likeness (QED) is 0.338. The molecule has 4 heteroatoms. The number of rotatable bonds is 7. The number of halogens is 2. The van der Waals surface area contributed by atoms with Crippen molar-refractivity contribution in [3.63, 3.8) is 0 Å². The van der Waals surface area contributed by atoms with Gasteiger partial charge in [-0.1, -0.05) is 72.9 Å². The van der Waals surface area contributed by atoms with Crippen molar-refractivity contribution >= 4 is 28.9 Å². The van der Waals surface area contributed by atoms with E-state index in [-0.39, 0.29) is 12.2 Å².